The molecule has 0 aliphatic heterocycles. The summed E-state index contributed by atoms with van der Waals surface area (Å²) in [4.78, 5) is 3.12. The van der Waals surface area contributed by atoms with Crippen molar-refractivity contribution in [2.45, 2.75) is 6.18 Å². The molecule has 3 nitrogen and oxygen atoms in total. The second-order valence-corrected chi connectivity index (χ2v) is 2.65. The van der Waals surface area contributed by atoms with Crippen molar-refractivity contribution in [2.24, 2.45) is 5.16 Å². The third-order valence-electron chi connectivity index (χ3n) is 1.39. The van der Waals surface area contributed by atoms with Crippen molar-refractivity contribution in [1.82, 2.24) is 4.98 Å². The first-order valence-corrected chi connectivity index (χ1v) is 3.74. The van der Waals surface area contributed by atoms with E-state index >= 15 is 0 Å². The summed E-state index contributed by atoms with van der Waals surface area (Å²) in [6, 6.07) is 2.33. The SMILES string of the molecule is O/N=C(\Cl)c1cccnc1C(F)(F)F. The van der Waals surface area contributed by atoms with Gasteiger partial charge in [0.25, 0.3) is 0 Å². The van der Waals surface area contributed by atoms with Crippen LogP contribution in [0.15, 0.2) is 23.5 Å². The molecule has 0 saturated carbocycles. The van der Waals surface area contributed by atoms with Gasteiger partial charge in [-0.3, -0.25) is 4.98 Å². The van der Waals surface area contributed by atoms with Crippen LogP contribution in [-0.2, 0) is 6.18 Å². The molecular weight excluding hydrogens is 221 g/mol. The van der Waals surface area contributed by atoms with Gasteiger partial charge in [-0.2, -0.15) is 13.2 Å². The first kappa shape index (κ1) is 10.8. The molecule has 1 aromatic heterocycles. The summed E-state index contributed by atoms with van der Waals surface area (Å²) in [5.74, 6) is 0. The lowest BCUT2D eigenvalue weighted by Gasteiger charge is -2.08. The van der Waals surface area contributed by atoms with Gasteiger partial charge < -0.3 is 5.21 Å². The summed E-state index contributed by atoms with van der Waals surface area (Å²) in [5.41, 5.74) is -1.63. The van der Waals surface area contributed by atoms with Crippen molar-refractivity contribution >= 4 is 16.8 Å². The average molecular weight is 225 g/mol. The Morgan fingerprint density at radius 1 is 1.50 bits per heavy atom. The predicted molar refractivity (Wildman–Crippen MR) is 43.4 cm³/mol. The summed E-state index contributed by atoms with van der Waals surface area (Å²) in [7, 11) is 0. The number of rotatable bonds is 1. The first-order chi connectivity index (χ1) is 6.46. The second kappa shape index (κ2) is 3.83. The molecule has 0 radical (unpaired) electrons. The highest BCUT2D eigenvalue weighted by Crippen LogP contribution is 2.30. The summed E-state index contributed by atoms with van der Waals surface area (Å²) in [6.07, 6.45) is -3.64. The van der Waals surface area contributed by atoms with Crippen molar-refractivity contribution in [3.63, 3.8) is 0 Å². The lowest BCUT2D eigenvalue weighted by atomic mass is 10.2. The van der Waals surface area contributed by atoms with Crippen molar-refractivity contribution in [3.8, 4) is 0 Å². The number of nitrogens with zero attached hydrogens (tertiary/aromatic N) is 2. The van der Waals surface area contributed by atoms with Crippen LogP contribution in [0.25, 0.3) is 0 Å². The van der Waals surface area contributed by atoms with Gasteiger partial charge in [0.05, 0.1) is 0 Å². The molecule has 0 amide bonds. The molecule has 0 bridgehead atoms. The molecular formula is C7H4ClF3N2O. The molecule has 0 unspecified atom stereocenters. The monoisotopic (exact) mass is 224 g/mol. The van der Waals surface area contributed by atoms with Gasteiger partial charge in [0, 0.05) is 11.8 Å². The standard InChI is InChI=1S/C7H4ClF3N2O/c8-6(13-14)4-2-1-3-12-5(4)7(9,10)11/h1-3,14H/b13-6-. The van der Waals surface area contributed by atoms with E-state index in [0.717, 1.165) is 12.3 Å². The van der Waals surface area contributed by atoms with Crippen LogP contribution < -0.4 is 0 Å². The zero-order chi connectivity index (χ0) is 10.8. The second-order valence-electron chi connectivity index (χ2n) is 2.29. The number of aromatic nitrogens is 1. The fourth-order valence-electron chi connectivity index (χ4n) is 0.852. The zero-order valence-corrected chi connectivity index (χ0v) is 7.34. The quantitative estimate of drug-likeness (QED) is 0.453. The van der Waals surface area contributed by atoms with Crippen LogP contribution in [0.4, 0.5) is 13.2 Å². The van der Waals surface area contributed by atoms with Gasteiger partial charge >= 0.3 is 6.18 Å². The molecule has 0 aromatic carbocycles. The summed E-state index contributed by atoms with van der Waals surface area (Å²) < 4.78 is 36.9. The fourth-order valence-corrected chi connectivity index (χ4v) is 1.00. The number of pyridine rings is 1. The third-order valence-corrected chi connectivity index (χ3v) is 1.67. The molecule has 0 saturated heterocycles. The van der Waals surface area contributed by atoms with E-state index in [1.165, 1.54) is 6.07 Å². The predicted octanol–water partition coefficient (Wildman–Crippen LogP) is 2.48. The number of hydrogen-bond acceptors (Lipinski definition) is 3. The number of oxime groups is 1. The highest BCUT2D eigenvalue weighted by atomic mass is 35.5. The molecule has 1 aromatic rings. The van der Waals surface area contributed by atoms with E-state index in [1.807, 2.05) is 0 Å². The van der Waals surface area contributed by atoms with Crippen molar-refractivity contribution < 1.29 is 18.4 Å². The van der Waals surface area contributed by atoms with Crippen LogP contribution in [0.5, 0.6) is 0 Å². The molecule has 1 heterocycles. The molecule has 7 heteroatoms. The molecule has 0 spiro atoms. The Morgan fingerprint density at radius 2 is 2.14 bits per heavy atom. The highest BCUT2D eigenvalue weighted by molar-refractivity contribution is 6.69. The van der Waals surface area contributed by atoms with E-state index in [2.05, 4.69) is 10.1 Å². The van der Waals surface area contributed by atoms with Gasteiger partial charge in [-0.25, -0.2) is 0 Å². The van der Waals surface area contributed by atoms with Crippen LogP contribution in [0.3, 0.4) is 0 Å². The highest BCUT2D eigenvalue weighted by Gasteiger charge is 2.36. The Morgan fingerprint density at radius 3 is 2.64 bits per heavy atom. The average Bonchev–Trinajstić information content (AvgIpc) is 2.15. The van der Waals surface area contributed by atoms with Crippen LogP contribution in [-0.4, -0.2) is 15.4 Å². The van der Waals surface area contributed by atoms with Crippen LogP contribution in [0, 0.1) is 0 Å². The molecule has 0 aliphatic rings. The van der Waals surface area contributed by atoms with E-state index in [4.69, 9.17) is 16.8 Å². The maximum atomic E-state index is 12.3. The lowest BCUT2D eigenvalue weighted by molar-refractivity contribution is -0.141. The van der Waals surface area contributed by atoms with Gasteiger partial charge in [-0.15, -0.1) is 0 Å². The van der Waals surface area contributed by atoms with Crippen LogP contribution in [0.2, 0.25) is 0 Å². The first-order valence-electron chi connectivity index (χ1n) is 3.37. The van der Waals surface area contributed by atoms with Gasteiger partial charge in [0.1, 0.15) is 0 Å². The van der Waals surface area contributed by atoms with E-state index < -0.39 is 22.6 Å². The smallest absolute Gasteiger partial charge is 0.410 e. The fraction of sp³-hybridized carbons (Fsp3) is 0.143. The van der Waals surface area contributed by atoms with E-state index in [-0.39, 0.29) is 0 Å². The van der Waals surface area contributed by atoms with Gasteiger partial charge in [0.15, 0.2) is 10.9 Å². The molecule has 1 N–H and O–H groups in total. The van der Waals surface area contributed by atoms with Crippen molar-refractivity contribution in [3.05, 3.63) is 29.6 Å². The minimum atomic E-state index is -4.62. The van der Waals surface area contributed by atoms with E-state index in [9.17, 15) is 13.2 Å². The summed E-state index contributed by atoms with van der Waals surface area (Å²) in [5, 5.41) is 10.1. The van der Waals surface area contributed by atoms with Crippen molar-refractivity contribution in [2.75, 3.05) is 0 Å². The van der Waals surface area contributed by atoms with Gasteiger partial charge in [-0.05, 0) is 12.1 Å². The number of alkyl halides is 3. The largest absolute Gasteiger partial charge is 0.434 e. The van der Waals surface area contributed by atoms with Crippen LogP contribution >= 0.6 is 11.6 Å². The minimum Gasteiger partial charge on any atom is -0.410 e. The Bertz CT molecular complexity index is 364. The molecule has 0 aliphatic carbocycles. The van der Waals surface area contributed by atoms with Crippen molar-refractivity contribution in [1.29, 1.82) is 0 Å². The van der Waals surface area contributed by atoms with Gasteiger partial charge in [0.2, 0.25) is 0 Å². The topological polar surface area (TPSA) is 45.5 Å². The molecule has 14 heavy (non-hydrogen) atoms. The van der Waals surface area contributed by atoms with Gasteiger partial charge in [-0.1, -0.05) is 16.8 Å². The zero-order valence-electron chi connectivity index (χ0n) is 6.59. The Hall–Kier alpha value is -1.30. The Balaban J connectivity index is 3.31. The summed E-state index contributed by atoms with van der Waals surface area (Å²) >= 11 is 5.26. The molecule has 76 valence electrons. The maximum Gasteiger partial charge on any atom is 0.434 e. The Labute approximate surface area is 81.8 Å². The van der Waals surface area contributed by atoms with Crippen LogP contribution in [0.1, 0.15) is 11.3 Å². The van der Waals surface area contributed by atoms with E-state index in [0.29, 0.717) is 0 Å². The number of hydrogen-bond donors (Lipinski definition) is 1. The maximum absolute atomic E-state index is 12.3. The normalized spacial score (nSPS) is 13.0. The molecule has 0 fully saturated rings. The number of halogens is 4. The molecule has 1 rings (SSSR count). The van der Waals surface area contributed by atoms with E-state index in [1.54, 1.807) is 0 Å². The minimum absolute atomic E-state index is 0.454. The summed E-state index contributed by atoms with van der Waals surface area (Å²) in [6.45, 7) is 0. The third kappa shape index (κ3) is 2.14. The Kier molecular flexibility index (Phi) is 2.95. The molecule has 0 atom stereocenters. The lowest BCUT2D eigenvalue weighted by Crippen LogP contribution is -2.13.